The van der Waals surface area contributed by atoms with Gasteiger partial charge in [-0.05, 0) is 18.2 Å². The van der Waals surface area contributed by atoms with Crippen LogP contribution < -0.4 is 4.74 Å². The number of fused-ring (bicyclic) bond motifs is 1. The first-order valence-electron chi connectivity index (χ1n) is 6.95. The number of phenolic OH excluding ortho intramolecular Hbond substituents is 4. The van der Waals surface area contributed by atoms with Crippen LogP contribution in [0.2, 0.25) is 0 Å². The molecule has 1 heterocycles. The molecule has 2 aromatic carbocycles. The third-order valence-electron chi connectivity index (χ3n) is 4.07. The Hall–Kier alpha value is -2.86. The van der Waals surface area contributed by atoms with Gasteiger partial charge < -0.3 is 30.3 Å². The minimum Gasteiger partial charge on any atom is -0.508 e. The van der Waals surface area contributed by atoms with E-state index in [1.54, 1.807) is 0 Å². The van der Waals surface area contributed by atoms with Gasteiger partial charge in [-0.1, -0.05) is 12.6 Å². The van der Waals surface area contributed by atoms with Gasteiger partial charge in [0, 0.05) is 29.7 Å². The van der Waals surface area contributed by atoms with Crippen LogP contribution in [0.3, 0.4) is 0 Å². The zero-order valence-corrected chi connectivity index (χ0v) is 12.1. The second-order valence-electron chi connectivity index (χ2n) is 5.46. The minimum absolute atomic E-state index is 0.0646. The minimum atomic E-state index is -1.39. The molecule has 0 radical (unpaired) electrons. The molecule has 1 aliphatic rings. The quantitative estimate of drug-likeness (QED) is 0.427. The summed E-state index contributed by atoms with van der Waals surface area (Å²) in [5, 5.41) is 49.2. The van der Waals surface area contributed by atoms with Gasteiger partial charge in [0.15, 0.2) is 17.1 Å². The van der Waals surface area contributed by atoms with E-state index in [4.69, 9.17) is 4.74 Å². The molecule has 2 aromatic rings. The first kappa shape index (κ1) is 15.1. The molecule has 0 fully saturated rings. The third-order valence-corrected chi connectivity index (χ3v) is 4.07. The molecule has 6 heteroatoms. The Balaban J connectivity index is 2.15. The van der Waals surface area contributed by atoms with E-state index in [0.717, 1.165) is 0 Å². The number of hydrogen-bond donors (Lipinski definition) is 5. The zero-order valence-electron chi connectivity index (χ0n) is 12.1. The van der Waals surface area contributed by atoms with Crippen molar-refractivity contribution in [1.29, 1.82) is 0 Å². The van der Waals surface area contributed by atoms with Crippen molar-refractivity contribution in [3.05, 3.63) is 54.1 Å². The van der Waals surface area contributed by atoms with Gasteiger partial charge in [0.25, 0.3) is 0 Å². The fourth-order valence-corrected chi connectivity index (χ4v) is 2.82. The second kappa shape index (κ2) is 5.10. The van der Waals surface area contributed by atoms with Crippen LogP contribution in [0.1, 0.15) is 11.1 Å². The molecule has 23 heavy (non-hydrogen) atoms. The van der Waals surface area contributed by atoms with E-state index < -0.39 is 11.7 Å². The van der Waals surface area contributed by atoms with Crippen molar-refractivity contribution >= 4 is 0 Å². The van der Waals surface area contributed by atoms with Crippen molar-refractivity contribution in [2.24, 2.45) is 0 Å². The summed E-state index contributed by atoms with van der Waals surface area (Å²) in [7, 11) is 0. The Morgan fingerprint density at radius 3 is 2.43 bits per heavy atom. The maximum absolute atomic E-state index is 10.6. The van der Waals surface area contributed by atoms with Gasteiger partial charge in [0.05, 0.1) is 0 Å². The SMILES string of the molecule is C=CC1(c2ccc(O)c(O)c2)Oc2cc(O)cc(O)c2C[C@H]1O. The topological polar surface area (TPSA) is 110 Å². The molecule has 0 aliphatic carbocycles. The van der Waals surface area contributed by atoms with E-state index in [1.807, 2.05) is 0 Å². The van der Waals surface area contributed by atoms with Crippen LogP contribution in [0.25, 0.3) is 0 Å². The maximum atomic E-state index is 10.6. The highest BCUT2D eigenvalue weighted by Crippen LogP contribution is 2.46. The molecule has 0 saturated heterocycles. The molecule has 2 atom stereocenters. The number of aliphatic hydroxyl groups is 1. The molecule has 1 unspecified atom stereocenters. The molecule has 0 amide bonds. The number of aliphatic hydroxyl groups excluding tert-OH is 1. The summed E-state index contributed by atoms with van der Waals surface area (Å²) in [5.41, 5.74) is -0.641. The Morgan fingerprint density at radius 2 is 1.78 bits per heavy atom. The number of benzene rings is 2. The lowest BCUT2D eigenvalue weighted by molar-refractivity contribution is -0.0380. The highest BCUT2D eigenvalue weighted by Gasteiger charge is 2.44. The number of hydrogen-bond acceptors (Lipinski definition) is 6. The van der Waals surface area contributed by atoms with Gasteiger partial charge in [0.1, 0.15) is 23.4 Å². The van der Waals surface area contributed by atoms with Crippen molar-refractivity contribution in [1.82, 2.24) is 0 Å². The largest absolute Gasteiger partial charge is 0.508 e. The predicted octanol–water partition coefficient (Wildman–Crippen LogP) is 1.89. The van der Waals surface area contributed by atoms with Gasteiger partial charge in [-0.15, -0.1) is 0 Å². The van der Waals surface area contributed by atoms with Crippen LogP contribution in [0.15, 0.2) is 43.0 Å². The number of phenols is 4. The van der Waals surface area contributed by atoms with E-state index in [9.17, 15) is 25.5 Å². The molecule has 0 saturated carbocycles. The van der Waals surface area contributed by atoms with E-state index in [2.05, 4.69) is 6.58 Å². The summed E-state index contributed by atoms with van der Waals surface area (Å²) in [6.45, 7) is 3.70. The summed E-state index contributed by atoms with van der Waals surface area (Å²) >= 11 is 0. The summed E-state index contributed by atoms with van der Waals surface area (Å²) in [6.07, 6.45) is 0.356. The number of rotatable bonds is 2. The monoisotopic (exact) mass is 316 g/mol. The van der Waals surface area contributed by atoms with E-state index in [0.29, 0.717) is 11.1 Å². The van der Waals surface area contributed by atoms with Gasteiger partial charge in [-0.25, -0.2) is 0 Å². The summed E-state index contributed by atoms with van der Waals surface area (Å²) in [6, 6.07) is 6.55. The summed E-state index contributed by atoms with van der Waals surface area (Å²) < 4.78 is 5.84. The van der Waals surface area contributed by atoms with E-state index in [1.165, 1.54) is 36.4 Å². The fourth-order valence-electron chi connectivity index (χ4n) is 2.82. The molecule has 1 aliphatic heterocycles. The molecule has 6 nitrogen and oxygen atoms in total. The third kappa shape index (κ3) is 2.24. The van der Waals surface area contributed by atoms with Crippen LogP contribution in [0.5, 0.6) is 28.7 Å². The Labute approximate surface area is 132 Å². The second-order valence-corrected chi connectivity index (χ2v) is 5.46. The molecular weight excluding hydrogens is 300 g/mol. The molecule has 3 rings (SSSR count). The van der Waals surface area contributed by atoms with Crippen LogP contribution in [-0.4, -0.2) is 31.6 Å². The lowest BCUT2D eigenvalue weighted by Crippen LogP contribution is -2.47. The van der Waals surface area contributed by atoms with Crippen molar-refractivity contribution in [2.45, 2.75) is 18.1 Å². The first-order valence-corrected chi connectivity index (χ1v) is 6.95. The van der Waals surface area contributed by atoms with Crippen LogP contribution in [0.4, 0.5) is 0 Å². The highest BCUT2D eigenvalue weighted by atomic mass is 16.5. The van der Waals surface area contributed by atoms with Gasteiger partial charge in [-0.2, -0.15) is 0 Å². The zero-order chi connectivity index (χ0) is 16.8. The maximum Gasteiger partial charge on any atom is 0.178 e. The molecule has 0 aromatic heterocycles. The summed E-state index contributed by atoms with van der Waals surface area (Å²) in [5.74, 6) is -0.798. The Bertz CT molecular complexity index is 785. The number of ether oxygens (including phenoxy) is 1. The average Bonchev–Trinajstić information content (AvgIpc) is 2.50. The van der Waals surface area contributed by atoms with Crippen LogP contribution in [0, 0.1) is 0 Å². The molecule has 0 spiro atoms. The van der Waals surface area contributed by atoms with Crippen molar-refractivity contribution in [3.8, 4) is 28.7 Å². The van der Waals surface area contributed by atoms with Crippen molar-refractivity contribution in [3.63, 3.8) is 0 Å². The van der Waals surface area contributed by atoms with Crippen molar-refractivity contribution in [2.75, 3.05) is 0 Å². The van der Waals surface area contributed by atoms with E-state index in [-0.39, 0.29) is 35.2 Å². The first-order chi connectivity index (χ1) is 10.9. The number of aromatic hydroxyl groups is 4. The smallest absolute Gasteiger partial charge is 0.178 e. The van der Waals surface area contributed by atoms with Gasteiger partial charge >= 0.3 is 0 Å². The average molecular weight is 316 g/mol. The van der Waals surface area contributed by atoms with Crippen LogP contribution >= 0.6 is 0 Å². The van der Waals surface area contributed by atoms with Crippen LogP contribution in [-0.2, 0) is 12.0 Å². The molecule has 120 valence electrons. The fraction of sp³-hybridized carbons (Fsp3) is 0.176. The highest BCUT2D eigenvalue weighted by molar-refractivity contribution is 5.54. The predicted molar refractivity (Wildman–Crippen MR) is 81.8 cm³/mol. The molecule has 5 N–H and O–H groups in total. The molecular formula is C17H16O6. The summed E-state index contributed by atoms with van der Waals surface area (Å²) in [4.78, 5) is 0. The van der Waals surface area contributed by atoms with Gasteiger partial charge in [0.2, 0.25) is 0 Å². The Kier molecular flexibility index (Phi) is 3.34. The molecule has 0 bridgehead atoms. The Morgan fingerprint density at radius 1 is 1.04 bits per heavy atom. The van der Waals surface area contributed by atoms with Gasteiger partial charge in [-0.3, -0.25) is 0 Å². The van der Waals surface area contributed by atoms with E-state index >= 15 is 0 Å². The standard InChI is InChI=1S/C17H16O6/c1-2-17(9-3-4-12(19)14(21)5-9)16(22)8-11-13(20)6-10(18)7-15(11)23-17/h2-7,16,18-22H,1,8H2/t16-,17?/m1/s1. The normalized spacial score (nSPS) is 22.9. The lowest BCUT2D eigenvalue weighted by atomic mass is 9.82. The van der Waals surface area contributed by atoms with Crippen molar-refractivity contribution < 1.29 is 30.3 Å². The lowest BCUT2D eigenvalue weighted by Gasteiger charge is -2.40.